The molecule has 0 aromatic heterocycles. The van der Waals surface area contributed by atoms with Crippen molar-refractivity contribution in [2.24, 2.45) is 0 Å². The van der Waals surface area contributed by atoms with Gasteiger partial charge in [0, 0.05) is 31.2 Å². The van der Waals surface area contributed by atoms with Crippen LogP contribution in [0.1, 0.15) is 90.9 Å². The van der Waals surface area contributed by atoms with Gasteiger partial charge in [-0.2, -0.15) is 0 Å². The number of piperidine rings is 1. The highest BCUT2D eigenvalue weighted by Gasteiger charge is 2.38. The quantitative estimate of drug-likeness (QED) is 0.340. The summed E-state index contributed by atoms with van der Waals surface area (Å²) in [5.74, 6) is 0.0668. The van der Waals surface area contributed by atoms with Crippen LogP contribution in [0, 0.1) is 0 Å². The predicted molar refractivity (Wildman–Crippen MR) is 160 cm³/mol. The van der Waals surface area contributed by atoms with Crippen LogP contribution in [0.15, 0.2) is 66.7 Å². The van der Waals surface area contributed by atoms with Gasteiger partial charge in [-0.05, 0) is 91.3 Å². The van der Waals surface area contributed by atoms with E-state index in [1.165, 1.54) is 29.5 Å². The third-order valence-corrected chi connectivity index (χ3v) is 9.20. The highest BCUT2D eigenvalue weighted by Crippen LogP contribution is 2.47. The fourth-order valence-corrected chi connectivity index (χ4v) is 7.23. The Hall–Kier alpha value is -3.44. The fourth-order valence-electron chi connectivity index (χ4n) is 7.23. The number of rotatable bonds is 9. The van der Waals surface area contributed by atoms with E-state index < -0.39 is 0 Å². The zero-order chi connectivity index (χ0) is 27.6. The molecule has 1 saturated heterocycles. The van der Waals surface area contributed by atoms with Crippen LogP contribution in [0.5, 0.6) is 0 Å². The van der Waals surface area contributed by atoms with Crippen LogP contribution in [0.2, 0.25) is 0 Å². The number of hydrogen-bond acceptors (Lipinski definition) is 3. The Balaban J connectivity index is 1.16. The second kappa shape index (κ2) is 11.6. The van der Waals surface area contributed by atoms with Crippen molar-refractivity contribution in [1.29, 1.82) is 0 Å². The zero-order valence-electron chi connectivity index (χ0n) is 23.9. The SMILES string of the molecule is CCCNC(=O)C1c2ccccc2-c2c(CCCC(C)N3CCCCC3N3Cc4ccccc4C3=O)cccc21. The largest absolute Gasteiger partial charge is 0.355 e. The molecule has 5 nitrogen and oxygen atoms in total. The minimum absolute atomic E-state index is 0.105. The molecule has 3 aromatic carbocycles. The number of nitrogens with one attached hydrogen (secondary N) is 1. The summed E-state index contributed by atoms with van der Waals surface area (Å²) < 4.78 is 0. The van der Waals surface area contributed by atoms with E-state index >= 15 is 0 Å². The number of aryl methyl sites for hydroxylation is 1. The molecule has 3 aliphatic rings. The Bertz CT molecular complexity index is 1400. The summed E-state index contributed by atoms with van der Waals surface area (Å²) in [6, 6.07) is 23.4. The van der Waals surface area contributed by atoms with Crippen molar-refractivity contribution in [2.45, 2.75) is 83.5 Å². The van der Waals surface area contributed by atoms with E-state index in [9.17, 15) is 9.59 Å². The molecular formula is C35H41N3O2. The second-order valence-corrected chi connectivity index (χ2v) is 11.7. The molecule has 2 amide bonds. The van der Waals surface area contributed by atoms with Gasteiger partial charge in [-0.1, -0.05) is 67.6 Å². The lowest BCUT2D eigenvalue weighted by Gasteiger charge is -2.44. The summed E-state index contributed by atoms with van der Waals surface area (Å²) in [6.07, 6.45) is 7.67. The number of amides is 2. The number of fused-ring (bicyclic) bond motifs is 4. The van der Waals surface area contributed by atoms with Crippen LogP contribution in [-0.2, 0) is 17.8 Å². The predicted octanol–water partition coefficient (Wildman–Crippen LogP) is 6.50. The zero-order valence-corrected chi connectivity index (χ0v) is 23.9. The molecular weight excluding hydrogens is 494 g/mol. The van der Waals surface area contributed by atoms with Crippen molar-refractivity contribution < 1.29 is 9.59 Å². The summed E-state index contributed by atoms with van der Waals surface area (Å²) in [4.78, 5) is 31.2. The van der Waals surface area contributed by atoms with Gasteiger partial charge in [0.2, 0.25) is 5.91 Å². The van der Waals surface area contributed by atoms with Crippen molar-refractivity contribution in [3.63, 3.8) is 0 Å². The van der Waals surface area contributed by atoms with Crippen LogP contribution in [0.3, 0.4) is 0 Å². The fraction of sp³-hybridized carbons (Fsp3) is 0.429. The van der Waals surface area contributed by atoms with Gasteiger partial charge in [-0.3, -0.25) is 14.5 Å². The molecule has 1 N–H and O–H groups in total. The van der Waals surface area contributed by atoms with Gasteiger partial charge in [-0.15, -0.1) is 0 Å². The number of likely N-dealkylation sites (tertiary alicyclic amines) is 1. The van der Waals surface area contributed by atoms with Crippen molar-refractivity contribution in [3.05, 3.63) is 94.5 Å². The highest BCUT2D eigenvalue weighted by molar-refractivity contribution is 5.98. The molecule has 208 valence electrons. The lowest BCUT2D eigenvalue weighted by molar-refractivity contribution is -0.121. The Morgan fingerprint density at radius 1 is 0.975 bits per heavy atom. The first kappa shape index (κ1) is 26.8. The molecule has 0 bridgehead atoms. The van der Waals surface area contributed by atoms with Gasteiger partial charge in [0.05, 0.1) is 12.1 Å². The van der Waals surface area contributed by atoms with Gasteiger partial charge >= 0.3 is 0 Å². The molecule has 3 aromatic rings. The normalized spacial score (nSPS) is 20.6. The topological polar surface area (TPSA) is 52.7 Å². The molecule has 0 spiro atoms. The molecule has 1 fully saturated rings. The molecule has 6 rings (SSSR count). The molecule has 2 heterocycles. The first-order chi connectivity index (χ1) is 19.6. The monoisotopic (exact) mass is 535 g/mol. The van der Waals surface area contributed by atoms with Crippen molar-refractivity contribution in [3.8, 4) is 11.1 Å². The number of benzene rings is 3. The van der Waals surface area contributed by atoms with Gasteiger partial charge in [-0.25, -0.2) is 0 Å². The van der Waals surface area contributed by atoms with Crippen molar-refractivity contribution in [2.75, 3.05) is 13.1 Å². The molecule has 3 atom stereocenters. The van der Waals surface area contributed by atoms with Crippen LogP contribution in [-0.4, -0.2) is 46.9 Å². The average Bonchev–Trinajstić information content (AvgIpc) is 3.51. The van der Waals surface area contributed by atoms with E-state index in [4.69, 9.17) is 0 Å². The maximum Gasteiger partial charge on any atom is 0.255 e. The minimum atomic E-state index is -0.229. The van der Waals surface area contributed by atoms with Crippen molar-refractivity contribution >= 4 is 11.8 Å². The molecule has 1 aliphatic carbocycles. The highest BCUT2D eigenvalue weighted by atomic mass is 16.2. The third kappa shape index (κ3) is 4.85. The Morgan fingerprint density at radius 2 is 1.75 bits per heavy atom. The molecule has 2 aliphatic heterocycles. The Morgan fingerprint density at radius 3 is 2.58 bits per heavy atom. The molecule has 0 radical (unpaired) electrons. The van der Waals surface area contributed by atoms with E-state index in [0.717, 1.165) is 67.4 Å². The van der Waals surface area contributed by atoms with E-state index in [-0.39, 0.29) is 23.9 Å². The lowest BCUT2D eigenvalue weighted by atomic mass is 9.92. The summed E-state index contributed by atoms with van der Waals surface area (Å²) in [5.41, 5.74) is 8.11. The summed E-state index contributed by atoms with van der Waals surface area (Å²) in [5, 5.41) is 3.13. The van der Waals surface area contributed by atoms with Crippen LogP contribution in [0.4, 0.5) is 0 Å². The Labute approximate surface area is 238 Å². The summed E-state index contributed by atoms with van der Waals surface area (Å²) in [7, 11) is 0. The lowest BCUT2D eigenvalue weighted by Crippen LogP contribution is -2.54. The second-order valence-electron chi connectivity index (χ2n) is 11.7. The first-order valence-electron chi connectivity index (χ1n) is 15.2. The number of carbonyl (C=O) groups excluding carboxylic acids is 2. The molecule has 3 unspecified atom stereocenters. The first-order valence-corrected chi connectivity index (χ1v) is 15.2. The van der Waals surface area contributed by atoms with Crippen LogP contribution < -0.4 is 5.32 Å². The Kier molecular flexibility index (Phi) is 7.75. The maximum absolute atomic E-state index is 13.3. The van der Waals surface area contributed by atoms with Gasteiger partial charge in [0.1, 0.15) is 0 Å². The third-order valence-electron chi connectivity index (χ3n) is 9.20. The van der Waals surface area contributed by atoms with Crippen LogP contribution in [0.25, 0.3) is 11.1 Å². The number of carbonyl (C=O) groups is 2. The standard InChI is InChI=1S/C35H41N3O2/c1-3-21-36-34(39)33-29-18-7-6-17-28(29)32-25(15-11-19-30(32)33)14-10-12-24(2)37-22-9-8-20-31(37)38-23-26-13-4-5-16-27(26)35(38)40/h4-7,11,13,15-19,24,31,33H,3,8-10,12,14,20-23H2,1-2H3,(H,36,39). The number of hydrogen-bond donors (Lipinski definition) is 1. The number of nitrogens with zero attached hydrogens (tertiary/aromatic N) is 2. The van der Waals surface area contributed by atoms with E-state index in [1.54, 1.807) is 0 Å². The summed E-state index contributed by atoms with van der Waals surface area (Å²) in [6.45, 7) is 6.91. The molecule has 40 heavy (non-hydrogen) atoms. The van der Waals surface area contributed by atoms with E-state index in [0.29, 0.717) is 12.6 Å². The molecule has 0 saturated carbocycles. The smallest absolute Gasteiger partial charge is 0.255 e. The van der Waals surface area contributed by atoms with Crippen LogP contribution >= 0.6 is 0 Å². The average molecular weight is 536 g/mol. The van der Waals surface area contributed by atoms with Crippen molar-refractivity contribution in [1.82, 2.24) is 15.1 Å². The molecule has 5 heteroatoms. The van der Waals surface area contributed by atoms with E-state index in [1.807, 2.05) is 24.3 Å². The minimum Gasteiger partial charge on any atom is -0.355 e. The van der Waals surface area contributed by atoms with E-state index in [2.05, 4.69) is 71.4 Å². The maximum atomic E-state index is 13.3. The summed E-state index contributed by atoms with van der Waals surface area (Å²) >= 11 is 0. The van der Waals surface area contributed by atoms with Gasteiger partial charge < -0.3 is 10.2 Å². The van der Waals surface area contributed by atoms with Gasteiger partial charge in [0.15, 0.2) is 0 Å². The van der Waals surface area contributed by atoms with Gasteiger partial charge in [0.25, 0.3) is 5.91 Å².